The molecular formula is C15H23N7O6. The first-order valence-electron chi connectivity index (χ1n) is 8.63. The topological polar surface area (TPSA) is 168 Å². The van der Waals surface area contributed by atoms with E-state index < -0.39 is 36.7 Å². The molecule has 4 atom stereocenters. The zero-order chi connectivity index (χ0) is 20.6. The van der Waals surface area contributed by atoms with Crippen LogP contribution < -0.4 is 10.9 Å². The van der Waals surface area contributed by atoms with Crippen LogP contribution in [0.4, 0.5) is 5.82 Å². The molecule has 1 aliphatic heterocycles. The Morgan fingerprint density at radius 2 is 2.04 bits per heavy atom. The quantitative estimate of drug-likeness (QED) is 0.395. The van der Waals surface area contributed by atoms with Gasteiger partial charge in [0, 0.05) is 20.0 Å². The van der Waals surface area contributed by atoms with Crippen LogP contribution in [-0.4, -0.2) is 96.5 Å². The molecule has 1 amide bonds. The molecule has 4 unspecified atom stereocenters. The van der Waals surface area contributed by atoms with Gasteiger partial charge in [0.25, 0.3) is 5.56 Å². The maximum atomic E-state index is 12.8. The number of rotatable bonds is 6. The molecule has 13 heteroatoms. The summed E-state index contributed by atoms with van der Waals surface area (Å²) < 4.78 is 7.35. The molecule has 13 nitrogen and oxygen atoms in total. The molecule has 1 fully saturated rings. The van der Waals surface area contributed by atoms with Gasteiger partial charge >= 0.3 is 0 Å². The van der Waals surface area contributed by atoms with Gasteiger partial charge in [-0.3, -0.25) is 14.3 Å². The van der Waals surface area contributed by atoms with E-state index in [2.05, 4.69) is 20.7 Å². The van der Waals surface area contributed by atoms with E-state index in [1.807, 2.05) is 19.0 Å². The Labute approximate surface area is 159 Å². The Hall–Kier alpha value is -2.45. The van der Waals surface area contributed by atoms with Gasteiger partial charge in [0.15, 0.2) is 23.1 Å². The van der Waals surface area contributed by atoms with Crippen molar-refractivity contribution in [2.45, 2.75) is 31.0 Å². The number of fused-ring (bicyclic) bond motifs is 1. The Morgan fingerprint density at radius 3 is 2.64 bits per heavy atom. The molecule has 1 saturated heterocycles. The highest BCUT2D eigenvalue weighted by molar-refractivity contribution is 5.97. The van der Waals surface area contributed by atoms with Gasteiger partial charge in [-0.15, -0.1) is 5.10 Å². The Morgan fingerprint density at radius 1 is 1.32 bits per heavy atom. The number of hydrogen-bond donors (Lipinski definition) is 4. The van der Waals surface area contributed by atoms with Crippen molar-refractivity contribution in [2.75, 3.05) is 32.6 Å². The van der Waals surface area contributed by atoms with Gasteiger partial charge in [-0.2, -0.15) is 9.78 Å². The van der Waals surface area contributed by atoms with Gasteiger partial charge in [-0.25, -0.2) is 0 Å². The van der Waals surface area contributed by atoms with Crippen molar-refractivity contribution in [1.82, 2.24) is 29.7 Å². The smallest absolute Gasteiger partial charge is 0.298 e. The number of aryl methyl sites for hydroxylation is 1. The van der Waals surface area contributed by atoms with Crippen LogP contribution in [0.2, 0.25) is 0 Å². The Balaban J connectivity index is 1.92. The molecule has 154 valence electrons. The molecule has 2 aromatic rings. The van der Waals surface area contributed by atoms with Crippen molar-refractivity contribution >= 4 is 22.8 Å². The van der Waals surface area contributed by atoms with E-state index in [-0.39, 0.29) is 29.2 Å². The largest absolute Gasteiger partial charge is 0.394 e. The lowest BCUT2D eigenvalue weighted by molar-refractivity contribution is -0.116. The fraction of sp³-hybridized carbons (Fsp3) is 0.667. The van der Waals surface area contributed by atoms with E-state index >= 15 is 0 Å². The molecule has 0 bridgehead atoms. The number of hydrogen-bond acceptors (Lipinski definition) is 10. The van der Waals surface area contributed by atoms with Crippen molar-refractivity contribution in [3.05, 3.63) is 10.4 Å². The number of aliphatic hydroxyl groups is 3. The van der Waals surface area contributed by atoms with Crippen molar-refractivity contribution in [2.24, 2.45) is 7.05 Å². The highest BCUT2D eigenvalue weighted by Crippen LogP contribution is 2.28. The molecular weight excluding hydrogens is 374 g/mol. The van der Waals surface area contributed by atoms with Gasteiger partial charge in [0.1, 0.15) is 18.3 Å². The third kappa shape index (κ3) is 3.62. The van der Waals surface area contributed by atoms with Crippen LogP contribution in [-0.2, 0) is 16.6 Å². The number of anilines is 1. The summed E-state index contributed by atoms with van der Waals surface area (Å²) in [5.41, 5.74) is -0.548. The summed E-state index contributed by atoms with van der Waals surface area (Å²) in [7, 11) is 5.19. The maximum Gasteiger partial charge on any atom is 0.298 e. The highest BCUT2D eigenvalue weighted by Gasteiger charge is 2.44. The fourth-order valence-electron chi connectivity index (χ4n) is 2.94. The third-order valence-electron chi connectivity index (χ3n) is 4.48. The van der Waals surface area contributed by atoms with E-state index in [1.165, 1.54) is 11.7 Å². The second kappa shape index (κ2) is 7.89. The van der Waals surface area contributed by atoms with Crippen LogP contribution in [0.15, 0.2) is 4.79 Å². The second-order valence-corrected chi connectivity index (χ2v) is 6.84. The molecule has 3 heterocycles. The average Bonchev–Trinajstić information content (AvgIpc) is 3.11. The van der Waals surface area contributed by atoms with Gasteiger partial charge in [0.05, 0.1) is 6.61 Å². The maximum absolute atomic E-state index is 12.8. The number of ether oxygens (including phenoxy) is 1. The van der Waals surface area contributed by atoms with Crippen LogP contribution in [0.1, 0.15) is 12.6 Å². The SMILES string of the molecule is CN(C)CCC(=O)Nc1nn(C)c2c(=O)n(C3OC(CO)C(O)C3O)nnc12. The molecule has 0 radical (unpaired) electrons. The van der Waals surface area contributed by atoms with Crippen molar-refractivity contribution < 1.29 is 24.9 Å². The minimum atomic E-state index is -1.47. The molecule has 0 saturated carbocycles. The van der Waals surface area contributed by atoms with E-state index in [4.69, 9.17) is 4.74 Å². The van der Waals surface area contributed by atoms with E-state index in [0.717, 1.165) is 4.68 Å². The lowest BCUT2D eigenvalue weighted by atomic mass is 10.1. The first-order chi connectivity index (χ1) is 13.2. The van der Waals surface area contributed by atoms with Crippen LogP contribution >= 0.6 is 0 Å². The standard InChI is InChI=1S/C15H23N7O6/c1-20(2)5-4-8(24)16-13-9-10(21(3)18-13)14(27)22(19-17-9)15-12(26)11(25)7(6-23)28-15/h7,11-12,15,23,25-26H,4-6H2,1-3H3,(H,16,18,24). The predicted octanol–water partition coefficient (Wildman–Crippen LogP) is -2.97. The summed E-state index contributed by atoms with van der Waals surface area (Å²) in [6, 6.07) is 0. The Kier molecular flexibility index (Phi) is 5.71. The van der Waals surface area contributed by atoms with Crippen LogP contribution in [0.3, 0.4) is 0 Å². The van der Waals surface area contributed by atoms with Gasteiger partial charge < -0.3 is 30.3 Å². The average molecular weight is 397 g/mol. The molecule has 0 aromatic carbocycles. The number of carbonyl (C=O) groups is 1. The zero-order valence-electron chi connectivity index (χ0n) is 15.7. The highest BCUT2D eigenvalue weighted by atomic mass is 16.6. The van der Waals surface area contributed by atoms with Gasteiger partial charge in [0.2, 0.25) is 5.91 Å². The normalized spacial score (nSPS) is 25.0. The van der Waals surface area contributed by atoms with Crippen molar-refractivity contribution in [1.29, 1.82) is 0 Å². The van der Waals surface area contributed by atoms with Gasteiger partial charge in [-0.05, 0) is 14.1 Å². The number of aliphatic hydroxyl groups excluding tert-OH is 3. The summed E-state index contributed by atoms with van der Waals surface area (Å²) in [6.07, 6.45) is -4.98. The van der Waals surface area contributed by atoms with E-state index in [9.17, 15) is 24.9 Å². The number of nitrogens with one attached hydrogen (secondary N) is 1. The summed E-state index contributed by atoms with van der Waals surface area (Å²) in [5, 5.41) is 43.6. The summed E-state index contributed by atoms with van der Waals surface area (Å²) in [4.78, 5) is 26.8. The fourth-order valence-corrected chi connectivity index (χ4v) is 2.94. The molecule has 2 aromatic heterocycles. The Bertz CT molecular complexity index is 925. The molecule has 1 aliphatic rings. The monoisotopic (exact) mass is 397 g/mol. The van der Waals surface area contributed by atoms with E-state index in [1.54, 1.807) is 0 Å². The molecule has 28 heavy (non-hydrogen) atoms. The van der Waals surface area contributed by atoms with Crippen molar-refractivity contribution in [3.8, 4) is 0 Å². The molecule has 0 spiro atoms. The number of amides is 1. The zero-order valence-corrected chi connectivity index (χ0v) is 15.7. The summed E-state index contributed by atoms with van der Waals surface area (Å²) in [6.45, 7) is 0.00826. The number of aromatic nitrogens is 5. The molecule has 3 rings (SSSR count). The first kappa shape index (κ1) is 20.3. The summed E-state index contributed by atoms with van der Waals surface area (Å²) >= 11 is 0. The van der Waals surface area contributed by atoms with Crippen molar-refractivity contribution in [3.63, 3.8) is 0 Å². The van der Waals surface area contributed by atoms with Crippen LogP contribution in [0.25, 0.3) is 11.0 Å². The first-order valence-corrected chi connectivity index (χ1v) is 8.63. The lowest BCUT2D eigenvalue weighted by Crippen LogP contribution is -2.37. The summed E-state index contributed by atoms with van der Waals surface area (Å²) in [5.74, 6) is -0.192. The molecule has 4 N–H and O–H groups in total. The van der Waals surface area contributed by atoms with E-state index in [0.29, 0.717) is 6.54 Å². The minimum absolute atomic E-state index is 0.0376. The van der Waals surface area contributed by atoms with Crippen LogP contribution in [0.5, 0.6) is 0 Å². The second-order valence-electron chi connectivity index (χ2n) is 6.84. The van der Waals surface area contributed by atoms with Gasteiger partial charge in [-0.1, -0.05) is 5.21 Å². The predicted molar refractivity (Wildman–Crippen MR) is 95.4 cm³/mol. The molecule has 0 aliphatic carbocycles. The third-order valence-corrected chi connectivity index (χ3v) is 4.48. The number of nitrogens with zero attached hydrogens (tertiary/aromatic N) is 6. The lowest BCUT2D eigenvalue weighted by Gasteiger charge is -2.15. The van der Waals surface area contributed by atoms with Crippen LogP contribution in [0, 0.1) is 0 Å². The minimum Gasteiger partial charge on any atom is -0.394 e. The number of carbonyl (C=O) groups excluding carboxylic acids is 1.